The van der Waals surface area contributed by atoms with Crippen LogP contribution in [0.4, 0.5) is 0 Å². The first-order valence-corrected chi connectivity index (χ1v) is 8.32. The molecule has 22 heavy (non-hydrogen) atoms. The third-order valence-corrected chi connectivity index (χ3v) is 4.64. The fraction of sp³-hybridized carbons (Fsp3) is 0.550. The maximum atomic E-state index is 5.93. The Morgan fingerprint density at radius 3 is 2.59 bits per heavy atom. The highest BCUT2D eigenvalue weighted by Gasteiger charge is 2.36. The standard InChI is InChI=1S/C20H28O2/c1-15(2)19-12-7-16(3)14-20(19)22-13-5-6-17-8-10-18(21-4)11-9-17/h5-6,8-11,15-16,19-20H,7,12,14H2,1-4H3/b6-5+/t16-,19+,20-/m0/s1. The average Bonchev–Trinajstić information content (AvgIpc) is 2.52. The zero-order valence-corrected chi connectivity index (χ0v) is 14.2. The summed E-state index contributed by atoms with van der Waals surface area (Å²) >= 11 is 0. The molecule has 0 spiro atoms. The van der Waals surface area contributed by atoms with E-state index in [0.29, 0.717) is 17.9 Å². The molecular formula is C20H28O2. The summed E-state index contributed by atoms with van der Waals surface area (Å²) in [5.74, 6) is 2.95. The van der Waals surface area contributed by atoms with Gasteiger partial charge in [0.05, 0.1) is 7.11 Å². The highest BCUT2D eigenvalue weighted by molar-refractivity contribution is 5.74. The number of allylic oxidation sites excluding steroid dienone is 1. The third kappa shape index (κ3) is 4.72. The van der Waals surface area contributed by atoms with Gasteiger partial charge in [-0.25, -0.2) is 0 Å². The van der Waals surface area contributed by atoms with Crippen LogP contribution in [0.15, 0.2) is 30.3 Å². The van der Waals surface area contributed by atoms with Crippen LogP contribution in [0.1, 0.15) is 45.6 Å². The second-order valence-electron chi connectivity index (χ2n) is 6.71. The van der Waals surface area contributed by atoms with Crippen molar-refractivity contribution >= 4 is 12.4 Å². The Labute approximate surface area is 134 Å². The molecule has 1 aromatic rings. The lowest BCUT2D eigenvalue weighted by Gasteiger charge is -2.29. The predicted molar refractivity (Wildman–Crippen MR) is 92.9 cm³/mol. The van der Waals surface area contributed by atoms with E-state index in [1.165, 1.54) is 12.8 Å². The molecule has 0 aromatic heterocycles. The number of rotatable bonds is 5. The van der Waals surface area contributed by atoms with Gasteiger partial charge in [0.2, 0.25) is 6.29 Å². The molecule has 2 nitrogen and oxygen atoms in total. The van der Waals surface area contributed by atoms with E-state index in [4.69, 9.17) is 9.16 Å². The maximum absolute atomic E-state index is 5.93. The number of hydrogen-bond donors (Lipinski definition) is 0. The third-order valence-electron chi connectivity index (χ3n) is 4.64. The van der Waals surface area contributed by atoms with Crippen LogP contribution >= 0.6 is 0 Å². The second kappa shape index (κ2) is 8.17. The van der Waals surface area contributed by atoms with Gasteiger partial charge < -0.3 is 9.16 Å². The summed E-state index contributed by atoms with van der Waals surface area (Å²) in [5, 5.41) is 0. The Bertz CT molecular complexity index is 499. The van der Waals surface area contributed by atoms with Crippen molar-refractivity contribution in [2.45, 2.75) is 46.1 Å². The van der Waals surface area contributed by atoms with Gasteiger partial charge in [0.25, 0.3) is 6.10 Å². The van der Waals surface area contributed by atoms with Gasteiger partial charge in [-0.2, -0.15) is 6.08 Å². The average molecular weight is 300 g/mol. The van der Waals surface area contributed by atoms with Gasteiger partial charge in [-0.05, 0) is 36.8 Å². The molecule has 0 heterocycles. The first-order valence-electron chi connectivity index (χ1n) is 8.32. The van der Waals surface area contributed by atoms with E-state index in [-0.39, 0.29) is 0 Å². The molecule has 1 fully saturated rings. The lowest BCUT2D eigenvalue weighted by Crippen LogP contribution is -2.32. The molecule has 2 rings (SSSR count). The highest BCUT2D eigenvalue weighted by atomic mass is 16.5. The number of benzene rings is 1. The summed E-state index contributed by atoms with van der Waals surface area (Å²) in [6.45, 7) is 6.91. The van der Waals surface area contributed by atoms with E-state index in [1.807, 2.05) is 36.4 Å². The van der Waals surface area contributed by atoms with Crippen molar-refractivity contribution in [2.24, 2.45) is 17.8 Å². The van der Waals surface area contributed by atoms with Crippen molar-refractivity contribution in [1.82, 2.24) is 0 Å². The molecule has 1 aliphatic carbocycles. The Balaban J connectivity index is 1.95. The summed E-state index contributed by atoms with van der Waals surface area (Å²) in [7, 11) is 1.68. The number of carbonyl (C=O) groups excluding carboxylic acids is 1. The first-order chi connectivity index (χ1) is 10.6. The van der Waals surface area contributed by atoms with Crippen LogP contribution in [-0.2, 0) is 4.42 Å². The molecular weight excluding hydrogens is 272 g/mol. The highest BCUT2D eigenvalue weighted by Crippen LogP contribution is 2.34. The lowest BCUT2D eigenvalue weighted by molar-refractivity contribution is -0.0714. The van der Waals surface area contributed by atoms with Gasteiger partial charge in [-0.3, -0.25) is 0 Å². The SMILES string of the molecule is COc1ccc(/C=C/[C-]=[O+][C@H]2C[C@@H](C)CC[C@@H]2C(C)C)cc1. The van der Waals surface area contributed by atoms with Gasteiger partial charge in [-0.1, -0.05) is 32.9 Å². The second-order valence-corrected chi connectivity index (χ2v) is 6.71. The first kappa shape index (κ1) is 16.8. The molecule has 0 N–H and O–H groups in total. The fourth-order valence-corrected chi connectivity index (χ4v) is 3.22. The smallest absolute Gasteiger partial charge is 0.251 e. The zero-order chi connectivity index (χ0) is 15.9. The molecule has 1 aliphatic rings. The van der Waals surface area contributed by atoms with Crippen LogP contribution in [0, 0.1) is 17.8 Å². The van der Waals surface area contributed by atoms with Crippen LogP contribution in [0.2, 0.25) is 0 Å². The Morgan fingerprint density at radius 2 is 1.95 bits per heavy atom. The van der Waals surface area contributed by atoms with Gasteiger partial charge in [0.15, 0.2) is 0 Å². The van der Waals surface area contributed by atoms with E-state index in [2.05, 4.69) is 27.1 Å². The summed E-state index contributed by atoms with van der Waals surface area (Å²) in [5.41, 5.74) is 1.12. The molecule has 3 atom stereocenters. The Morgan fingerprint density at radius 1 is 1.23 bits per heavy atom. The Hall–Kier alpha value is -1.57. The van der Waals surface area contributed by atoms with Crippen molar-refractivity contribution < 1.29 is 9.16 Å². The summed E-state index contributed by atoms with van der Waals surface area (Å²) in [4.78, 5) is 0. The summed E-state index contributed by atoms with van der Waals surface area (Å²) in [6.07, 6.45) is 11.0. The molecule has 0 radical (unpaired) electrons. The molecule has 0 saturated heterocycles. The van der Waals surface area contributed by atoms with Gasteiger partial charge >= 0.3 is 0 Å². The minimum Gasteiger partial charge on any atom is -0.497 e. The monoisotopic (exact) mass is 300 g/mol. The minimum atomic E-state index is 0.310. The van der Waals surface area contributed by atoms with E-state index >= 15 is 0 Å². The number of hydrogen-bond acceptors (Lipinski definition) is 1. The molecule has 2 heteroatoms. The van der Waals surface area contributed by atoms with Crippen LogP contribution < -0.4 is 4.74 Å². The van der Waals surface area contributed by atoms with E-state index < -0.39 is 0 Å². The number of methoxy groups -OCH3 is 1. The molecule has 120 valence electrons. The van der Waals surface area contributed by atoms with Gasteiger partial charge in [0.1, 0.15) is 5.75 Å². The quantitative estimate of drug-likeness (QED) is 0.434. The van der Waals surface area contributed by atoms with Crippen molar-refractivity contribution in [1.29, 1.82) is 0 Å². The van der Waals surface area contributed by atoms with Crippen molar-refractivity contribution in [3.05, 3.63) is 35.9 Å². The molecule has 0 aliphatic heterocycles. The predicted octanol–water partition coefficient (Wildman–Crippen LogP) is 4.81. The van der Waals surface area contributed by atoms with Crippen LogP contribution in [-0.4, -0.2) is 19.5 Å². The van der Waals surface area contributed by atoms with E-state index in [0.717, 1.165) is 23.7 Å². The largest absolute Gasteiger partial charge is 0.497 e. The van der Waals surface area contributed by atoms with Crippen LogP contribution in [0.25, 0.3) is 6.08 Å². The van der Waals surface area contributed by atoms with Crippen LogP contribution in [0.5, 0.6) is 5.75 Å². The van der Waals surface area contributed by atoms with E-state index in [9.17, 15) is 0 Å². The summed E-state index contributed by atoms with van der Waals surface area (Å²) < 4.78 is 11.1. The molecule has 0 bridgehead atoms. The normalized spacial score (nSPS) is 26.1. The van der Waals surface area contributed by atoms with E-state index in [1.54, 1.807) is 7.11 Å². The fourth-order valence-electron chi connectivity index (χ4n) is 3.22. The lowest BCUT2D eigenvalue weighted by atomic mass is 9.75. The van der Waals surface area contributed by atoms with Crippen molar-refractivity contribution in [3.63, 3.8) is 0 Å². The topological polar surface area (TPSA) is 20.5 Å². The molecule has 1 aromatic carbocycles. The maximum Gasteiger partial charge on any atom is 0.251 e. The zero-order valence-electron chi connectivity index (χ0n) is 14.2. The summed E-state index contributed by atoms with van der Waals surface area (Å²) in [6, 6.07) is 7.96. The van der Waals surface area contributed by atoms with Crippen LogP contribution in [0.3, 0.4) is 0 Å². The van der Waals surface area contributed by atoms with Gasteiger partial charge in [0, 0.05) is 12.3 Å². The van der Waals surface area contributed by atoms with Crippen molar-refractivity contribution in [3.8, 4) is 5.75 Å². The van der Waals surface area contributed by atoms with Crippen molar-refractivity contribution in [2.75, 3.05) is 7.11 Å². The van der Waals surface area contributed by atoms with Gasteiger partial charge in [-0.15, -0.1) is 11.6 Å². The molecule has 1 saturated carbocycles. The molecule has 0 amide bonds. The minimum absolute atomic E-state index is 0.310. The Kier molecular flexibility index (Phi) is 6.23. The molecule has 0 unspecified atom stereocenters. The number of ether oxygens (including phenoxy) is 1.